The number of nitrogens with zero attached hydrogens (tertiary/aromatic N) is 4. The van der Waals surface area contributed by atoms with Gasteiger partial charge in [0.15, 0.2) is 23.2 Å². The van der Waals surface area contributed by atoms with Gasteiger partial charge in [-0.1, -0.05) is 6.92 Å². The Kier molecular flexibility index (Phi) is 4.21. The predicted octanol–water partition coefficient (Wildman–Crippen LogP) is -0.740. The molecule has 1 fully saturated rings. The highest BCUT2D eigenvalue weighted by molar-refractivity contribution is 5.82. The monoisotopic (exact) mass is 309 g/mol. The van der Waals surface area contributed by atoms with Gasteiger partial charge in [0.05, 0.1) is 12.9 Å². The molecule has 2 aromatic rings. The summed E-state index contributed by atoms with van der Waals surface area (Å²) in [7, 11) is 0. The van der Waals surface area contributed by atoms with Crippen LogP contribution in [0.1, 0.15) is 19.6 Å². The fourth-order valence-corrected chi connectivity index (χ4v) is 2.52. The zero-order chi connectivity index (χ0) is 15.7. The number of aliphatic hydroxyl groups excluding tert-OH is 3. The van der Waals surface area contributed by atoms with Crippen LogP contribution in [-0.2, 0) is 4.74 Å². The van der Waals surface area contributed by atoms with Crippen molar-refractivity contribution in [2.75, 3.05) is 18.5 Å². The van der Waals surface area contributed by atoms with Crippen molar-refractivity contribution in [1.29, 1.82) is 0 Å². The van der Waals surface area contributed by atoms with Gasteiger partial charge in [-0.2, -0.15) is 0 Å². The Morgan fingerprint density at radius 1 is 1.27 bits per heavy atom. The summed E-state index contributed by atoms with van der Waals surface area (Å²) in [6.45, 7) is 2.43. The zero-order valence-electron chi connectivity index (χ0n) is 12.1. The van der Waals surface area contributed by atoms with Crippen molar-refractivity contribution >= 4 is 17.0 Å². The molecule has 9 heteroatoms. The molecule has 3 rings (SSSR count). The molecule has 1 aliphatic rings. The average Bonchev–Trinajstić information content (AvgIpc) is 3.08. The quantitative estimate of drug-likeness (QED) is 0.569. The van der Waals surface area contributed by atoms with Crippen LogP contribution in [0.25, 0.3) is 11.2 Å². The number of rotatable bonds is 5. The molecule has 2 aromatic heterocycles. The second-order valence-corrected chi connectivity index (χ2v) is 5.20. The van der Waals surface area contributed by atoms with E-state index in [4.69, 9.17) is 9.84 Å². The third-order valence-corrected chi connectivity index (χ3v) is 3.69. The van der Waals surface area contributed by atoms with Crippen LogP contribution in [0.15, 0.2) is 12.7 Å². The minimum atomic E-state index is -1.17. The van der Waals surface area contributed by atoms with Crippen molar-refractivity contribution in [3.63, 3.8) is 0 Å². The molecular formula is C13H19N5O4. The van der Waals surface area contributed by atoms with Crippen molar-refractivity contribution < 1.29 is 20.1 Å². The fourth-order valence-electron chi connectivity index (χ4n) is 2.52. The summed E-state index contributed by atoms with van der Waals surface area (Å²) in [6.07, 6.45) is -0.191. The molecule has 1 saturated heterocycles. The van der Waals surface area contributed by atoms with E-state index in [0.29, 0.717) is 17.0 Å². The van der Waals surface area contributed by atoms with Gasteiger partial charge < -0.3 is 25.4 Å². The lowest BCUT2D eigenvalue weighted by molar-refractivity contribution is -0.0511. The van der Waals surface area contributed by atoms with Crippen molar-refractivity contribution in [2.45, 2.75) is 37.9 Å². The van der Waals surface area contributed by atoms with Gasteiger partial charge >= 0.3 is 0 Å². The number of aromatic nitrogens is 4. The molecule has 9 nitrogen and oxygen atoms in total. The summed E-state index contributed by atoms with van der Waals surface area (Å²) >= 11 is 0. The van der Waals surface area contributed by atoms with Crippen molar-refractivity contribution in [3.8, 4) is 0 Å². The Balaban J connectivity index is 1.95. The largest absolute Gasteiger partial charge is 0.394 e. The predicted molar refractivity (Wildman–Crippen MR) is 77.1 cm³/mol. The summed E-state index contributed by atoms with van der Waals surface area (Å²) in [6, 6.07) is 0. The Morgan fingerprint density at radius 2 is 2.09 bits per heavy atom. The van der Waals surface area contributed by atoms with Crippen LogP contribution < -0.4 is 5.32 Å². The van der Waals surface area contributed by atoms with Gasteiger partial charge in [0.25, 0.3) is 0 Å². The molecule has 4 atom stereocenters. The van der Waals surface area contributed by atoms with Crippen LogP contribution >= 0.6 is 0 Å². The average molecular weight is 309 g/mol. The number of hydrogen-bond donors (Lipinski definition) is 4. The van der Waals surface area contributed by atoms with Crippen LogP contribution in [0, 0.1) is 0 Å². The zero-order valence-corrected chi connectivity index (χ0v) is 12.1. The van der Waals surface area contributed by atoms with E-state index in [1.165, 1.54) is 17.2 Å². The molecule has 0 saturated carbocycles. The van der Waals surface area contributed by atoms with E-state index >= 15 is 0 Å². The minimum Gasteiger partial charge on any atom is -0.394 e. The van der Waals surface area contributed by atoms with Crippen LogP contribution in [0.4, 0.5) is 5.82 Å². The molecule has 0 radical (unpaired) electrons. The maximum absolute atomic E-state index is 10.1. The normalized spacial score (nSPS) is 28.4. The molecule has 1 aliphatic heterocycles. The number of anilines is 1. The molecule has 0 aromatic carbocycles. The number of ether oxygens (including phenoxy) is 1. The number of aliphatic hydroxyl groups is 3. The molecule has 22 heavy (non-hydrogen) atoms. The minimum absolute atomic E-state index is 0.375. The number of hydrogen-bond acceptors (Lipinski definition) is 8. The summed E-state index contributed by atoms with van der Waals surface area (Å²) in [4.78, 5) is 12.6. The van der Waals surface area contributed by atoms with Gasteiger partial charge in [-0.15, -0.1) is 0 Å². The summed E-state index contributed by atoms with van der Waals surface area (Å²) in [5, 5.41) is 32.3. The maximum atomic E-state index is 10.1. The molecular weight excluding hydrogens is 290 g/mol. The number of fused-ring (bicyclic) bond motifs is 1. The highest BCUT2D eigenvalue weighted by Gasteiger charge is 2.43. The van der Waals surface area contributed by atoms with Crippen molar-refractivity contribution in [1.82, 2.24) is 19.5 Å². The van der Waals surface area contributed by atoms with E-state index < -0.39 is 24.5 Å². The summed E-state index contributed by atoms with van der Waals surface area (Å²) in [5.74, 6) is 0.609. The molecule has 0 unspecified atom stereocenters. The Labute approximate surface area is 126 Å². The second-order valence-electron chi connectivity index (χ2n) is 5.20. The third kappa shape index (κ3) is 2.41. The van der Waals surface area contributed by atoms with Gasteiger partial charge in [-0.25, -0.2) is 15.0 Å². The second kappa shape index (κ2) is 6.13. The Hall–Kier alpha value is -1.81. The van der Waals surface area contributed by atoms with E-state index in [2.05, 4.69) is 20.3 Å². The Bertz CT molecular complexity index is 648. The highest BCUT2D eigenvalue weighted by atomic mass is 16.6. The molecule has 120 valence electrons. The maximum Gasteiger partial charge on any atom is 0.167 e. The van der Waals surface area contributed by atoms with Crippen LogP contribution in [0.3, 0.4) is 0 Å². The lowest BCUT2D eigenvalue weighted by atomic mass is 10.1. The van der Waals surface area contributed by atoms with Gasteiger partial charge in [-0.05, 0) is 6.42 Å². The summed E-state index contributed by atoms with van der Waals surface area (Å²) < 4.78 is 7.04. The first-order valence-corrected chi connectivity index (χ1v) is 7.21. The molecule has 0 bridgehead atoms. The van der Waals surface area contributed by atoms with Gasteiger partial charge in [0.2, 0.25) is 0 Å². The Morgan fingerprint density at radius 3 is 2.77 bits per heavy atom. The molecule has 4 N–H and O–H groups in total. The first-order chi connectivity index (χ1) is 10.7. The van der Waals surface area contributed by atoms with Gasteiger partial charge in [-0.3, -0.25) is 4.57 Å². The van der Waals surface area contributed by atoms with E-state index in [9.17, 15) is 10.2 Å². The van der Waals surface area contributed by atoms with E-state index in [1.54, 1.807) is 0 Å². The van der Waals surface area contributed by atoms with Crippen LogP contribution in [0.2, 0.25) is 0 Å². The molecule has 0 aliphatic carbocycles. The van der Waals surface area contributed by atoms with E-state index in [-0.39, 0.29) is 6.61 Å². The molecule has 3 heterocycles. The van der Waals surface area contributed by atoms with E-state index in [1.807, 2.05) is 6.92 Å². The fraction of sp³-hybridized carbons (Fsp3) is 0.615. The lowest BCUT2D eigenvalue weighted by Crippen LogP contribution is -2.33. The van der Waals surface area contributed by atoms with Crippen molar-refractivity contribution in [3.05, 3.63) is 12.7 Å². The summed E-state index contributed by atoms with van der Waals surface area (Å²) in [5.41, 5.74) is 1.05. The number of imidazole rings is 1. The van der Waals surface area contributed by atoms with Crippen LogP contribution in [0.5, 0.6) is 0 Å². The highest BCUT2D eigenvalue weighted by Crippen LogP contribution is 2.31. The topological polar surface area (TPSA) is 126 Å². The first kappa shape index (κ1) is 15.1. The van der Waals surface area contributed by atoms with Gasteiger partial charge in [0, 0.05) is 6.54 Å². The lowest BCUT2D eigenvalue weighted by Gasteiger charge is -2.16. The van der Waals surface area contributed by atoms with Crippen LogP contribution in [-0.4, -0.2) is 66.3 Å². The first-order valence-electron chi connectivity index (χ1n) is 7.21. The standard InChI is InChI=1S/C13H19N5O4/c1-2-3-14-11-8-12(16-5-15-11)18(6-17-8)13-10(21)9(20)7(4-19)22-13/h5-7,9-10,13,19-21H,2-4H2,1H3,(H,14,15,16)/t7-,9-,10-,13-/m1/s1. The third-order valence-electron chi connectivity index (χ3n) is 3.69. The molecule has 0 amide bonds. The van der Waals surface area contributed by atoms with Gasteiger partial charge in [0.1, 0.15) is 24.6 Å². The number of nitrogens with one attached hydrogen (secondary N) is 1. The molecule has 0 spiro atoms. The van der Waals surface area contributed by atoms with Crippen molar-refractivity contribution in [2.24, 2.45) is 0 Å². The van der Waals surface area contributed by atoms with E-state index in [0.717, 1.165) is 13.0 Å². The smallest absolute Gasteiger partial charge is 0.167 e. The SMILES string of the molecule is CCCNc1ncnc2c1ncn2[C@@H]1O[C@H](CO)[C@@H](O)[C@H]1O.